The molecule has 0 unspecified atom stereocenters. The molecule has 4 aliphatic carbocycles. The molecule has 2 aromatic carbocycles. The number of aryl methyl sites for hydroxylation is 1. The molecule has 5 heteroatoms. The second kappa shape index (κ2) is 8.23. The highest BCUT2D eigenvalue weighted by Crippen LogP contribution is 2.55. The Morgan fingerprint density at radius 2 is 1.44 bits per heavy atom. The highest BCUT2D eigenvalue weighted by atomic mass is 16.2. The van der Waals surface area contributed by atoms with Gasteiger partial charge in [-0.25, -0.2) is 4.68 Å². The van der Waals surface area contributed by atoms with Crippen LogP contribution in [0, 0.1) is 17.8 Å². The zero-order valence-electron chi connectivity index (χ0n) is 19.7. The third kappa shape index (κ3) is 3.58. The average molecular weight is 454 g/mol. The van der Waals surface area contributed by atoms with Gasteiger partial charge >= 0.3 is 0 Å². The molecule has 34 heavy (non-hydrogen) atoms. The van der Waals surface area contributed by atoms with E-state index in [2.05, 4.69) is 5.32 Å². The summed E-state index contributed by atoms with van der Waals surface area (Å²) in [6.07, 6.45) is 7.05. The maximum Gasteiger partial charge on any atom is 0.280 e. The second-order valence-electron chi connectivity index (χ2n) is 10.6. The molecular formula is C29H31N3O2. The van der Waals surface area contributed by atoms with Gasteiger partial charge in [0.15, 0.2) is 0 Å². The van der Waals surface area contributed by atoms with Gasteiger partial charge in [-0.05, 0) is 68.8 Å². The van der Waals surface area contributed by atoms with Crippen LogP contribution in [0.5, 0.6) is 0 Å². The number of carbonyl (C=O) groups is 1. The summed E-state index contributed by atoms with van der Waals surface area (Å²) < 4.78 is 1.43. The van der Waals surface area contributed by atoms with Gasteiger partial charge < -0.3 is 5.32 Å². The van der Waals surface area contributed by atoms with Crippen molar-refractivity contribution >= 4 is 5.91 Å². The van der Waals surface area contributed by atoms with Gasteiger partial charge in [-0.15, -0.1) is 0 Å². The van der Waals surface area contributed by atoms with Gasteiger partial charge in [0, 0.05) is 23.2 Å². The first-order valence-electron chi connectivity index (χ1n) is 12.6. The van der Waals surface area contributed by atoms with Crippen LogP contribution in [0.25, 0.3) is 22.4 Å². The molecule has 1 N–H and O–H groups in total. The zero-order valence-corrected chi connectivity index (χ0v) is 19.7. The summed E-state index contributed by atoms with van der Waals surface area (Å²) in [6.45, 7) is 2.30. The third-order valence-electron chi connectivity index (χ3n) is 8.21. The summed E-state index contributed by atoms with van der Waals surface area (Å²) in [4.78, 5) is 27.7. The predicted molar refractivity (Wildman–Crippen MR) is 133 cm³/mol. The minimum absolute atomic E-state index is 0.167. The normalized spacial score (nSPS) is 27.0. The molecule has 1 amide bonds. The first kappa shape index (κ1) is 21.3. The lowest BCUT2D eigenvalue weighted by molar-refractivity contribution is -0.0167. The summed E-state index contributed by atoms with van der Waals surface area (Å²) in [5.41, 5.74) is 2.77. The van der Waals surface area contributed by atoms with Gasteiger partial charge in [0.2, 0.25) is 0 Å². The highest BCUT2D eigenvalue weighted by Gasteiger charge is 2.51. The van der Waals surface area contributed by atoms with E-state index in [0.29, 0.717) is 35.6 Å². The Bertz CT molecular complexity index is 1240. The van der Waals surface area contributed by atoms with Gasteiger partial charge in [-0.2, -0.15) is 5.10 Å². The minimum Gasteiger partial charge on any atom is -0.346 e. The van der Waals surface area contributed by atoms with E-state index in [4.69, 9.17) is 5.10 Å². The zero-order chi connectivity index (χ0) is 23.3. The number of nitrogens with one attached hydrogen (secondary N) is 1. The number of hydrogen-bond donors (Lipinski definition) is 1. The van der Waals surface area contributed by atoms with Crippen molar-refractivity contribution < 1.29 is 4.79 Å². The molecule has 0 saturated heterocycles. The number of nitrogens with zero attached hydrogens (tertiary/aromatic N) is 2. The molecule has 4 aliphatic rings. The molecule has 5 nitrogen and oxygen atoms in total. The fourth-order valence-electron chi connectivity index (χ4n) is 7.25. The van der Waals surface area contributed by atoms with E-state index < -0.39 is 0 Å². The molecule has 7 rings (SSSR count). The summed E-state index contributed by atoms with van der Waals surface area (Å²) in [5.74, 6) is 1.90. The average Bonchev–Trinajstić information content (AvgIpc) is 2.83. The fraction of sp³-hybridized carbons (Fsp3) is 0.414. The van der Waals surface area contributed by atoms with Crippen LogP contribution in [0.15, 0.2) is 65.5 Å². The SMILES string of the molecule is CCn1nc(-c2ccccc2)c(-c2ccccc2)c(C(=O)NC23CC4CC(CC(C4)C2)C3)c1=O. The van der Waals surface area contributed by atoms with Crippen LogP contribution in [0.1, 0.15) is 55.8 Å². The Morgan fingerprint density at radius 3 is 1.97 bits per heavy atom. The van der Waals surface area contributed by atoms with Crippen molar-refractivity contribution in [1.82, 2.24) is 15.1 Å². The highest BCUT2D eigenvalue weighted by molar-refractivity contribution is 6.04. The summed E-state index contributed by atoms with van der Waals surface area (Å²) in [7, 11) is 0. The van der Waals surface area contributed by atoms with E-state index >= 15 is 0 Å². The number of amides is 1. The molecule has 0 radical (unpaired) electrons. The van der Waals surface area contributed by atoms with Crippen molar-refractivity contribution in [3.8, 4) is 22.4 Å². The molecule has 4 fully saturated rings. The van der Waals surface area contributed by atoms with Gasteiger partial charge in [0.1, 0.15) is 5.56 Å². The van der Waals surface area contributed by atoms with Crippen molar-refractivity contribution in [1.29, 1.82) is 0 Å². The van der Waals surface area contributed by atoms with Gasteiger partial charge in [0.05, 0.1) is 5.69 Å². The standard InChI is InChI=1S/C29H31N3O2/c1-2-32-28(34)25(27(33)30-29-16-19-13-20(17-29)15-21(14-19)18-29)24(22-9-5-3-6-10-22)26(31-32)23-11-7-4-8-12-23/h3-12,19-21H,2,13-18H2,1H3,(H,30,33). The monoisotopic (exact) mass is 453 g/mol. The number of rotatable bonds is 5. The molecular weight excluding hydrogens is 422 g/mol. The first-order chi connectivity index (χ1) is 16.5. The lowest BCUT2D eigenvalue weighted by Crippen LogP contribution is -2.60. The molecule has 0 spiro atoms. The summed E-state index contributed by atoms with van der Waals surface area (Å²) in [6, 6.07) is 19.6. The first-order valence-corrected chi connectivity index (χ1v) is 12.6. The third-order valence-corrected chi connectivity index (χ3v) is 8.21. The van der Waals surface area contributed by atoms with E-state index in [1.165, 1.54) is 23.9 Å². The van der Waals surface area contributed by atoms with E-state index in [-0.39, 0.29) is 22.6 Å². The van der Waals surface area contributed by atoms with Crippen LogP contribution >= 0.6 is 0 Å². The van der Waals surface area contributed by atoms with Crippen LogP contribution in [-0.4, -0.2) is 21.2 Å². The Hall–Kier alpha value is -3.21. The maximum absolute atomic E-state index is 14.0. The minimum atomic E-state index is -0.316. The molecule has 0 atom stereocenters. The molecule has 4 saturated carbocycles. The maximum atomic E-state index is 14.0. The Morgan fingerprint density at radius 1 is 0.912 bits per heavy atom. The lowest BCUT2D eigenvalue weighted by Gasteiger charge is -2.56. The Labute approximate surface area is 200 Å². The summed E-state index contributed by atoms with van der Waals surface area (Å²) in [5, 5.41) is 8.17. The van der Waals surface area contributed by atoms with Gasteiger partial charge in [-0.3, -0.25) is 9.59 Å². The van der Waals surface area contributed by atoms with Crippen LogP contribution in [0.4, 0.5) is 0 Å². The summed E-state index contributed by atoms with van der Waals surface area (Å²) >= 11 is 0. The molecule has 0 aliphatic heterocycles. The number of carbonyl (C=O) groups excluding carboxylic acids is 1. The van der Waals surface area contributed by atoms with Crippen LogP contribution in [-0.2, 0) is 6.54 Å². The van der Waals surface area contributed by atoms with Crippen molar-refractivity contribution in [2.45, 2.75) is 57.5 Å². The molecule has 174 valence electrons. The van der Waals surface area contributed by atoms with Crippen LogP contribution < -0.4 is 10.9 Å². The molecule has 1 aromatic heterocycles. The molecule has 3 aromatic rings. The van der Waals surface area contributed by atoms with Crippen molar-refractivity contribution in [3.63, 3.8) is 0 Å². The van der Waals surface area contributed by atoms with E-state index in [0.717, 1.165) is 30.4 Å². The van der Waals surface area contributed by atoms with Crippen molar-refractivity contribution in [2.75, 3.05) is 0 Å². The van der Waals surface area contributed by atoms with Gasteiger partial charge in [-0.1, -0.05) is 60.7 Å². The van der Waals surface area contributed by atoms with Crippen LogP contribution in [0.2, 0.25) is 0 Å². The Balaban J connectivity index is 1.51. The number of aromatic nitrogens is 2. The van der Waals surface area contributed by atoms with Gasteiger partial charge in [0.25, 0.3) is 11.5 Å². The van der Waals surface area contributed by atoms with Crippen molar-refractivity contribution in [3.05, 3.63) is 76.6 Å². The fourth-order valence-corrected chi connectivity index (χ4v) is 7.25. The van der Waals surface area contributed by atoms with E-state index in [9.17, 15) is 9.59 Å². The van der Waals surface area contributed by atoms with Crippen molar-refractivity contribution in [2.24, 2.45) is 17.8 Å². The smallest absolute Gasteiger partial charge is 0.280 e. The second-order valence-corrected chi connectivity index (χ2v) is 10.6. The lowest BCUT2D eigenvalue weighted by atomic mass is 9.53. The Kier molecular flexibility index (Phi) is 5.16. The van der Waals surface area contributed by atoms with E-state index in [1.54, 1.807) is 0 Å². The van der Waals surface area contributed by atoms with E-state index in [1.807, 2.05) is 67.6 Å². The number of benzene rings is 2. The largest absolute Gasteiger partial charge is 0.346 e. The topological polar surface area (TPSA) is 64.0 Å². The molecule has 4 bridgehead atoms. The number of hydrogen-bond acceptors (Lipinski definition) is 3. The predicted octanol–water partition coefficient (Wildman–Crippen LogP) is 5.30. The van der Waals surface area contributed by atoms with Crippen LogP contribution in [0.3, 0.4) is 0 Å². The molecule has 1 heterocycles. The quantitative estimate of drug-likeness (QED) is 0.570.